The average molecular weight is 405 g/mol. The van der Waals surface area contributed by atoms with Gasteiger partial charge < -0.3 is 0 Å². The lowest BCUT2D eigenvalue weighted by molar-refractivity contribution is 1.59. The van der Waals surface area contributed by atoms with E-state index in [-0.39, 0.29) is 0 Å². The van der Waals surface area contributed by atoms with Crippen molar-refractivity contribution in [3.63, 3.8) is 0 Å². The second-order valence-corrected chi connectivity index (χ2v) is 8.52. The summed E-state index contributed by atoms with van der Waals surface area (Å²) < 4.78 is 0. The standard InChI is InChI=1S/C32H20/c1-2-10-21(11-3-1)24-15-6-7-17-26(24)29-20-23-12-4-5-16-25(23)31-27-18-8-13-22-14-9-19-28(30(22)27)32(29)31/h1-20H. The molecule has 0 atom stereocenters. The van der Waals surface area contributed by atoms with Crippen LogP contribution >= 0.6 is 0 Å². The molecule has 0 nitrogen and oxygen atoms in total. The maximum absolute atomic E-state index is 2.39. The fraction of sp³-hybridized carbons (Fsp3) is 0. The van der Waals surface area contributed by atoms with Crippen LogP contribution < -0.4 is 0 Å². The minimum Gasteiger partial charge on any atom is -0.0622 e. The van der Waals surface area contributed by atoms with Crippen molar-refractivity contribution in [2.24, 2.45) is 0 Å². The van der Waals surface area contributed by atoms with Gasteiger partial charge >= 0.3 is 0 Å². The summed E-state index contributed by atoms with van der Waals surface area (Å²) in [6.45, 7) is 0. The molecule has 0 heteroatoms. The van der Waals surface area contributed by atoms with E-state index >= 15 is 0 Å². The van der Waals surface area contributed by atoms with E-state index in [2.05, 4.69) is 121 Å². The third kappa shape index (κ3) is 2.38. The van der Waals surface area contributed by atoms with E-state index in [1.807, 2.05) is 0 Å². The molecule has 0 aliphatic heterocycles. The largest absolute Gasteiger partial charge is 0.0622 e. The maximum atomic E-state index is 2.39. The van der Waals surface area contributed by atoms with Gasteiger partial charge in [-0.1, -0.05) is 115 Å². The van der Waals surface area contributed by atoms with E-state index in [9.17, 15) is 0 Å². The van der Waals surface area contributed by atoms with Crippen LogP contribution in [0.5, 0.6) is 0 Å². The van der Waals surface area contributed by atoms with Gasteiger partial charge in [0.2, 0.25) is 0 Å². The van der Waals surface area contributed by atoms with Crippen LogP contribution in [-0.2, 0) is 0 Å². The van der Waals surface area contributed by atoms with Crippen molar-refractivity contribution in [2.45, 2.75) is 0 Å². The Hall–Kier alpha value is -4.16. The minimum absolute atomic E-state index is 1.25. The quantitative estimate of drug-likeness (QED) is 0.270. The molecule has 0 bridgehead atoms. The van der Waals surface area contributed by atoms with E-state index in [4.69, 9.17) is 0 Å². The zero-order chi connectivity index (χ0) is 21.1. The van der Waals surface area contributed by atoms with Gasteiger partial charge in [-0.05, 0) is 72.1 Å². The second kappa shape index (κ2) is 6.67. The van der Waals surface area contributed by atoms with E-state index in [1.54, 1.807) is 0 Å². The van der Waals surface area contributed by atoms with Gasteiger partial charge in [-0.3, -0.25) is 0 Å². The van der Waals surface area contributed by atoms with Gasteiger partial charge in [0.1, 0.15) is 0 Å². The molecule has 0 aromatic heterocycles. The molecule has 0 radical (unpaired) electrons. The van der Waals surface area contributed by atoms with Gasteiger partial charge in [-0.15, -0.1) is 0 Å². The fourth-order valence-electron chi connectivity index (χ4n) is 5.46. The minimum atomic E-state index is 1.25. The highest BCUT2D eigenvalue weighted by Crippen LogP contribution is 2.54. The molecule has 0 N–H and O–H groups in total. The summed E-state index contributed by atoms with van der Waals surface area (Å²) in [6, 6.07) is 44.2. The predicted molar refractivity (Wildman–Crippen MR) is 137 cm³/mol. The topological polar surface area (TPSA) is 0 Å². The van der Waals surface area contributed by atoms with E-state index in [1.165, 1.54) is 66.1 Å². The molecule has 6 aromatic carbocycles. The molecule has 0 spiro atoms. The molecule has 0 saturated carbocycles. The van der Waals surface area contributed by atoms with Gasteiger partial charge in [0, 0.05) is 0 Å². The SMILES string of the molecule is c1ccc(-c2ccccc2-c2cc3ccccc3c3c2-c2cccc4cccc-3c24)cc1. The van der Waals surface area contributed by atoms with Crippen molar-refractivity contribution >= 4 is 21.5 Å². The number of fused-ring (bicyclic) bond motifs is 5. The molecule has 1 aliphatic carbocycles. The van der Waals surface area contributed by atoms with E-state index in [0.717, 1.165) is 0 Å². The molecule has 1 aliphatic rings. The molecule has 32 heavy (non-hydrogen) atoms. The highest BCUT2D eigenvalue weighted by atomic mass is 14.3. The van der Waals surface area contributed by atoms with Crippen molar-refractivity contribution in [1.82, 2.24) is 0 Å². The number of hydrogen-bond donors (Lipinski definition) is 0. The molecule has 0 heterocycles. The lowest BCUT2D eigenvalue weighted by Crippen LogP contribution is -1.90. The highest BCUT2D eigenvalue weighted by molar-refractivity contribution is 6.24. The van der Waals surface area contributed by atoms with Crippen molar-refractivity contribution in [3.05, 3.63) is 121 Å². The van der Waals surface area contributed by atoms with Crippen molar-refractivity contribution in [3.8, 4) is 44.5 Å². The Balaban J connectivity index is 1.66. The first-order valence-electron chi connectivity index (χ1n) is 11.1. The van der Waals surface area contributed by atoms with E-state index in [0.29, 0.717) is 0 Å². The molecule has 0 amide bonds. The first-order chi connectivity index (χ1) is 15.9. The molecule has 7 rings (SSSR count). The summed E-state index contributed by atoms with van der Waals surface area (Å²) in [5.74, 6) is 0. The third-order valence-corrected chi connectivity index (χ3v) is 6.79. The summed E-state index contributed by atoms with van der Waals surface area (Å²) in [5.41, 5.74) is 10.5. The van der Waals surface area contributed by atoms with Gasteiger partial charge in [0.15, 0.2) is 0 Å². The molecule has 6 aromatic rings. The second-order valence-electron chi connectivity index (χ2n) is 8.52. The highest BCUT2D eigenvalue weighted by Gasteiger charge is 2.27. The molecular formula is C32H20. The van der Waals surface area contributed by atoms with Crippen LogP contribution in [0.4, 0.5) is 0 Å². The van der Waals surface area contributed by atoms with Crippen LogP contribution in [-0.4, -0.2) is 0 Å². The summed E-state index contributed by atoms with van der Waals surface area (Å²) in [7, 11) is 0. The van der Waals surface area contributed by atoms with Gasteiger partial charge in [0.25, 0.3) is 0 Å². The third-order valence-electron chi connectivity index (χ3n) is 6.79. The average Bonchev–Trinajstić information content (AvgIpc) is 3.21. The van der Waals surface area contributed by atoms with Crippen LogP contribution in [0.1, 0.15) is 0 Å². The fourth-order valence-corrected chi connectivity index (χ4v) is 5.46. The summed E-state index contributed by atoms with van der Waals surface area (Å²) in [5, 5.41) is 5.29. The van der Waals surface area contributed by atoms with Gasteiger partial charge in [0.05, 0.1) is 0 Å². The number of hydrogen-bond acceptors (Lipinski definition) is 0. The van der Waals surface area contributed by atoms with Crippen molar-refractivity contribution < 1.29 is 0 Å². The first kappa shape index (κ1) is 17.5. The summed E-state index contributed by atoms with van der Waals surface area (Å²) in [4.78, 5) is 0. The monoisotopic (exact) mass is 404 g/mol. The Morgan fingerprint density at radius 2 is 0.938 bits per heavy atom. The number of benzene rings is 6. The lowest BCUT2D eigenvalue weighted by Gasteiger charge is -2.17. The Bertz CT molecular complexity index is 1650. The molecular weight excluding hydrogens is 384 g/mol. The Kier molecular flexibility index (Phi) is 3.65. The Morgan fingerprint density at radius 3 is 1.75 bits per heavy atom. The van der Waals surface area contributed by atoms with Crippen LogP contribution in [0, 0.1) is 0 Å². The van der Waals surface area contributed by atoms with Gasteiger partial charge in [-0.25, -0.2) is 0 Å². The molecule has 0 saturated heterocycles. The first-order valence-corrected chi connectivity index (χ1v) is 11.1. The Labute approximate surface area is 187 Å². The lowest BCUT2D eigenvalue weighted by atomic mass is 9.86. The smallest absolute Gasteiger partial charge is 0.00134 e. The van der Waals surface area contributed by atoms with Crippen LogP contribution in [0.3, 0.4) is 0 Å². The molecule has 0 unspecified atom stereocenters. The normalized spacial score (nSPS) is 11.8. The van der Waals surface area contributed by atoms with Crippen LogP contribution in [0.25, 0.3) is 66.1 Å². The summed E-state index contributed by atoms with van der Waals surface area (Å²) >= 11 is 0. The van der Waals surface area contributed by atoms with Gasteiger partial charge in [-0.2, -0.15) is 0 Å². The predicted octanol–water partition coefficient (Wildman–Crippen LogP) is 8.97. The maximum Gasteiger partial charge on any atom is -0.00134 e. The Morgan fingerprint density at radius 1 is 0.344 bits per heavy atom. The van der Waals surface area contributed by atoms with Crippen molar-refractivity contribution in [1.29, 1.82) is 0 Å². The van der Waals surface area contributed by atoms with Crippen molar-refractivity contribution in [2.75, 3.05) is 0 Å². The number of rotatable bonds is 2. The molecule has 0 fully saturated rings. The van der Waals surface area contributed by atoms with Crippen LogP contribution in [0.2, 0.25) is 0 Å². The van der Waals surface area contributed by atoms with Crippen LogP contribution in [0.15, 0.2) is 121 Å². The van der Waals surface area contributed by atoms with E-state index < -0.39 is 0 Å². The zero-order valence-corrected chi connectivity index (χ0v) is 17.5. The molecule has 148 valence electrons. The zero-order valence-electron chi connectivity index (χ0n) is 17.5. The summed E-state index contributed by atoms with van der Waals surface area (Å²) in [6.07, 6.45) is 0.